The van der Waals surface area contributed by atoms with Crippen molar-refractivity contribution in [2.75, 3.05) is 26.2 Å². The van der Waals surface area contributed by atoms with Crippen LogP contribution in [0.5, 0.6) is 17.2 Å². The van der Waals surface area contributed by atoms with Gasteiger partial charge in [0.25, 0.3) is 0 Å². The summed E-state index contributed by atoms with van der Waals surface area (Å²) in [7, 11) is 0. The minimum atomic E-state index is -4.50. The second-order valence-electron chi connectivity index (χ2n) is 9.61. The van der Waals surface area contributed by atoms with Gasteiger partial charge in [-0.1, -0.05) is 6.07 Å². The van der Waals surface area contributed by atoms with E-state index in [4.69, 9.17) is 19.3 Å². The molecule has 200 valence electrons. The fraction of sp³-hybridized carbons (Fsp3) is 0.444. The average Bonchev–Trinajstić information content (AvgIpc) is 3.67. The summed E-state index contributed by atoms with van der Waals surface area (Å²) in [4.78, 5) is 13.4. The minimum absolute atomic E-state index is 0. The van der Waals surface area contributed by atoms with Crippen molar-refractivity contribution in [1.29, 1.82) is 0 Å². The van der Waals surface area contributed by atoms with Gasteiger partial charge in [-0.3, -0.25) is 9.69 Å². The summed E-state index contributed by atoms with van der Waals surface area (Å²) in [5.41, 5.74) is 1.63. The van der Waals surface area contributed by atoms with Gasteiger partial charge in [-0.2, -0.15) is 13.2 Å². The van der Waals surface area contributed by atoms with Gasteiger partial charge >= 0.3 is 12.1 Å². The van der Waals surface area contributed by atoms with E-state index < -0.39 is 17.7 Å². The number of piperidine rings is 1. The number of carboxylic acid groups (broad SMARTS) is 1. The zero-order chi connectivity index (χ0) is 25.3. The van der Waals surface area contributed by atoms with E-state index in [0.717, 1.165) is 49.7 Å². The van der Waals surface area contributed by atoms with Crippen LogP contribution in [0.2, 0.25) is 0 Å². The molecular weight excluding hydrogens is 511 g/mol. The van der Waals surface area contributed by atoms with Gasteiger partial charge < -0.3 is 19.3 Å². The van der Waals surface area contributed by atoms with Crippen molar-refractivity contribution in [2.45, 2.75) is 44.6 Å². The molecule has 1 aliphatic carbocycles. The predicted molar refractivity (Wildman–Crippen MR) is 133 cm³/mol. The van der Waals surface area contributed by atoms with Crippen LogP contribution < -0.4 is 14.2 Å². The Labute approximate surface area is 219 Å². The summed E-state index contributed by atoms with van der Waals surface area (Å²) in [6, 6.07) is 9.43. The lowest BCUT2D eigenvalue weighted by Gasteiger charge is -2.31. The van der Waals surface area contributed by atoms with E-state index in [0.29, 0.717) is 36.5 Å². The molecular formula is C27H29ClF3NO5. The molecule has 2 heterocycles. The second-order valence-corrected chi connectivity index (χ2v) is 9.61. The maximum atomic E-state index is 13.5. The van der Waals surface area contributed by atoms with E-state index in [-0.39, 0.29) is 36.8 Å². The molecule has 0 atom stereocenters. The zero-order valence-corrected chi connectivity index (χ0v) is 20.9. The Morgan fingerprint density at radius 3 is 2.51 bits per heavy atom. The Kier molecular flexibility index (Phi) is 8.23. The fourth-order valence-electron chi connectivity index (χ4n) is 4.52. The lowest BCUT2D eigenvalue weighted by atomic mass is 9.96. The number of carboxylic acids is 1. The van der Waals surface area contributed by atoms with E-state index >= 15 is 0 Å². The summed E-state index contributed by atoms with van der Waals surface area (Å²) < 4.78 is 57.6. The monoisotopic (exact) mass is 539 g/mol. The molecule has 1 N–H and O–H groups in total. The lowest BCUT2D eigenvalue weighted by Crippen LogP contribution is -2.38. The number of alkyl halides is 3. The van der Waals surface area contributed by atoms with Crippen molar-refractivity contribution in [3.8, 4) is 17.2 Å². The Morgan fingerprint density at radius 2 is 1.84 bits per heavy atom. The fourth-order valence-corrected chi connectivity index (χ4v) is 4.52. The van der Waals surface area contributed by atoms with Crippen molar-refractivity contribution in [3.63, 3.8) is 0 Å². The third kappa shape index (κ3) is 6.90. The van der Waals surface area contributed by atoms with Crippen LogP contribution in [0.4, 0.5) is 13.2 Å². The van der Waals surface area contributed by atoms with Crippen LogP contribution in [-0.4, -0.2) is 48.3 Å². The molecule has 0 radical (unpaired) electrons. The largest absolute Gasteiger partial charge is 0.490 e. The molecule has 0 unspecified atom stereocenters. The van der Waals surface area contributed by atoms with E-state index in [1.807, 2.05) is 6.07 Å². The summed E-state index contributed by atoms with van der Waals surface area (Å²) in [5.74, 6) is 0.0521. The molecule has 2 aromatic rings. The van der Waals surface area contributed by atoms with E-state index in [9.17, 15) is 18.0 Å². The molecule has 2 fully saturated rings. The average molecular weight is 540 g/mol. The van der Waals surface area contributed by atoms with Gasteiger partial charge in [0.15, 0.2) is 0 Å². The third-order valence-corrected chi connectivity index (χ3v) is 6.69. The molecule has 37 heavy (non-hydrogen) atoms. The molecule has 3 aliphatic rings. The maximum absolute atomic E-state index is 13.5. The number of nitrogens with zero attached hydrogens (tertiary/aromatic N) is 1. The first-order valence-electron chi connectivity index (χ1n) is 12.2. The SMILES string of the molecule is Cl.O=C(O)C1CCN(CC2=Cc3ccc(OCc4ccc(OC5CC5)c(C(F)(F)F)c4)cc3OC2)CC1. The molecule has 0 aromatic heterocycles. The van der Waals surface area contributed by atoms with Gasteiger partial charge in [-0.05, 0) is 80.3 Å². The number of hydrogen-bond donors (Lipinski definition) is 1. The Balaban J connectivity index is 0.00000320. The number of likely N-dealkylation sites (tertiary alicyclic amines) is 1. The Hall–Kier alpha value is -2.91. The van der Waals surface area contributed by atoms with Gasteiger partial charge in [0.2, 0.25) is 0 Å². The molecule has 1 saturated carbocycles. The summed E-state index contributed by atoms with van der Waals surface area (Å²) in [6.45, 7) is 2.63. The molecule has 10 heteroatoms. The normalized spacial score (nSPS) is 18.2. The number of aliphatic carboxylic acids is 1. The van der Waals surface area contributed by atoms with Crippen molar-refractivity contribution < 1.29 is 37.3 Å². The van der Waals surface area contributed by atoms with Crippen molar-refractivity contribution in [2.24, 2.45) is 5.92 Å². The van der Waals surface area contributed by atoms with Crippen LogP contribution in [0.1, 0.15) is 42.4 Å². The van der Waals surface area contributed by atoms with Crippen molar-refractivity contribution in [3.05, 3.63) is 58.7 Å². The van der Waals surface area contributed by atoms with Crippen LogP contribution in [-0.2, 0) is 17.6 Å². The topological polar surface area (TPSA) is 68.2 Å². The molecule has 2 aliphatic heterocycles. The highest BCUT2D eigenvalue weighted by Crippen LogP contribution is 2.39. The number of halogens is 4. The molecule has 1 saturated heterocycles. The smallest absolute Gasteiger partial charge is 0.419 e. The highest BCUT2D eigenvalue weighted by molar-refractivity contribution is 5.85. The van der Waals surface area contributed by atoms with Crippen molar-refractivity contribution in [1.82, 2.24) is 4.90 Å². The van der Waals surface area contributed by atoms with Crippen LogP contribution in [0.3, 0.4) is 0 Å². The highest BCUT2D eigenvalue weighted by atomic mass is 35.5. The maximum Gasteiger partial charge on any atom is 0.419 e. The van der Waals surface area contributed by atoms with Crippen LogP contribution in [0.25, 0.3) is 6.08 Å². The van der Waals surface area contributed by atoms with Gasteiger partial charge in [0.1, 0.15) is 30.5 Å². The summed E-state index contributed by atoms with van der Waals surface area (Å²) in [5, 5.41) is 9.16. The predicted octanol–water partition coefficient (Wildman–Crippen LogP) is 5.82. The first kappa shape index (κ1) is 27.1. The molecule has 2 aromatic carbocycles. The van der Waals surface area contributed by atoms with Gasteiger partial charge in [0.05, 0.1) is 17.6 Å². The van der Waals surface area contributed by atoms with Crippen molar-refractivity contribution >= 4 is 24.5 Å². The number of ether oxygens (including phenoxy) is 3. The number of rotatable bonds is 8. The first-order chi connectivity index (χ1) is 17.2. The second kappa shape index (κ2) is 11.2. The molecule has 0 amide bonds. The molecule has 5 rings (SSSR count). The minimum Gasteiger partial charge on any atom is -0.490 e. The quantitative estimate of drug-likeness (QED) is 0.456. The molecule has 0 spiro atoms. The van der Waals surface area contributed by atoms with E-state index in [1.165, 1.54) is 6.07 Å². The Morgan fingerprint density at radius 1 is 1.08 bits per heavy atom. The third-order valence-electron chi connectivity index (χ3n) is 6.69. The van der Waals surface area contributed by atoms with Gasteiger partial charge in [-0.15, -0.1) is 12.4 Å². The molecule has 0 bridgehead atoms. The van der Waals surface area contributed by atoms with Crippen LogP contribution in [0, 0.1) is 5.92 Å². The standard InChI is InChI=1S/C27H28F3NO5.ClH/c28-27(29,30)23-12-17(1-6-24(23)36-21-4-5-21)15-34-22-3-2-20-11-18(16-35-25(20)13-22)14-31-9-7-19(8-10-31)26(32)33;/h1-3,6,11-13,19,21H,4-5,7-10,14-16H2,(H,32,33);1H. The number of benzene rings is 2. The number of carbonyl (C=O) groups is 1. The van der Waals surface area contributed by atoms with E-state index in [2.05, 4.69) is 11.0 Å². The highest BCUT2D eigenvalue weighted by Gasteiger charge is 2.36. The van der Waals surface area contributed by atoms with Crippen LogP contribution >= 0.6 is 12.4 Å². The summed E-state index contributed by atoms with van der Waals surface area (Å²) >= 11 is 0. The van der Waals surface area contributed by atoms with E-state index in [1.54, 1.807) is 18.2 Å². The lowest BCUT2D eigenvalue weighted by molar-refractivity contribution is -0.143. The van der Waals surface area contributed by atoms with Gasteiger partial charge in [0, 0.05) is 18.2 Å². The van der Waals surface area contributed by atoms with Crippen LogP contribution in [0.15, 0.2) is 42.0 Å². The van der Waals surface area contributed by atoms with Gasteiger partial charge in [-0.25, -0.2) is 0 Å². The summed E-state index contributed by atoms with van der Waals surface area (Å²) in [6.07, 6.45) is 0.316. The number of hydrogen-bond acceptors (Lipinski definition) is 5. The number of fused-ring (bicyclic) bond motifs is 1. The zero-order valence-electron chi connectivity index (χ0n) is 20.1. The first-order valence-corrected chi connectivity index (χ1v) is 12.2. The Bertz CT molecular complexity index is 1160. The molecule has 6 nitrogen and oxygen atoms in total.